The van der Waals surface area contributed by atoms with Gasteiger partial charge in [0.1, 0.15) is 0 Å². The molecule has 0 aliphatic rings. The summed E-state index contributed by atoms with van der Waals surface area (Å²) in [6, 6.07) is 0. The Morgan fingerprint density at radius 2 is 1.48 bits per heavy atom. The normalized spacial score (nSPS) is 14.3. The molecule has 0 saturated heterocycles. The minimum atomic E-state index is -0.277. The van der Waals surface area contributed by atoms with Gasteiger partial charge in [0, 0.05) is 0 Å². The van der Waals surface area contributed by atoms with Crippen LogP contribution in [0, 0.1) is 0 Å². The van der Waals surface area contributed by atoms with Gasteiger partial charge in [-0.3, -0.25) is 0 Å². The second-order valence-corrected chi connectivity index (χ2v) is 6.04. The van der Waals surface area contributed by atoms with Crippen molar-refractivity contribution in [2.24, 2.45) is 0 Å². The fourth-order valence-corrected chi connectivity index (χ4v) is 1.87. The third kappa shape index (κ3) is 15.6. The van der Waals surface area contributed by atoms with Crippen molar-refractivity contribution < 1.29 is 14.6 Å². The molecule has 3 nitrogen and oxygen atoms in total. The highest BCUT2D eigenvalue weighted by molar-refractivity contribution is 5.03. The molecule has 0 heterocycles. The number of aliphatic hydroxyl groups is 1. The maximum Gasteiger partial charge on any atom is 0.177 e. The van der Waals surface area contributed by atoms with Crippen molar-refractivity contribution in [3.05, 3.63) is 24.3 Å². The Morgan fingerprint density at radius 3 is 2.00 bits per heavy atom. The van der Waals surface area contributed by atoms with E-state index in [9.17, 15) is 0 Å². The summed E-state index contributed by atoms with van der Waals surface area (Å²) in [5.41, 5.74) is 0. The van der Waals surface area contributed by atoms with Gasteiger partial charge >= 0.3 is 0 Å². The molecule has 21 heavy (non-hydrogen) atoms. The molecule has 0 aromatic carbocycles. The molecule has 0 bridgehead atoms. The second-order valence-electron chi connectivity index (χ2n) is 6.04. The van der Waals surface area contributed by atoms with Crippen LogP contribution < -0.4 is 0 Å². The molecule has 0 rings (SSSR count). The molecule has 0 aromatic rings. The van der Waals surface area contributed by atoms with Gasteiger partial charge in [-0.1, -0.05) is 31.1 Å². The maximum absolute atomic E-state index is 9.15. The Morgan fingerprint density at radius 1 is 0.857 bits per heavy atom. The highest BCUT2D eigenvalue weighted by atomic mass is 16.7. The third-order valence-corrected chi connectivity index (χ3v) is 2.82. The SMILES string of the molecule is CC(O)CCCCCC=C/C=C\C(OC(C)C)OC(C)C. The van der Waals surface area contributed by atoms with Crippen molar-refractivity contribution in [2.45, 2.75) is 91.3 Å². The average Bonchev–Trinajstić information content (AvgIpc) is 2.34. The van der Waals surface area contributed by atoms with Crippen LogP contribution in [0.4, 0.5) is 0 Å². The highest BCUT2D eigenvalue weighted by Crippen LogP contribution is 2.07. The quantitative estimate of drug-likeness (QED) is 0.325. The zero-order valence-corrected chi connectivity index (χ0v) is 14.4. The van der Waals surface area contributed by atoms with Gasteiger partial charge in [-0.05, 0) is 60.0 Å². The summed E-state index contributed by atoms with van der Waals surface area (Å²) in [7, 11) is 0. The standard InChI is InChI=1S/C18H34O3/c1-15(2)20-18(21-16(3)4)14-12-10-8-6-7-9-11-13-17(5)19/h8,10,12,14-19H,6-7,9,11,13H2,1-5H3/b10-8?,14-12-. The predicted molar refractivity (Wildman–Crippen MR) is 89.3 cm³/mol. The molecule has 0 aromatic heterocycles. The molecule has 1 atom stereocenters. The van der Waals surface area contributed by atoms with Crippen LogP contribution in [0.5, 0.6) is 0 Å². The molecular formula is C18H34O3. The summed E-state index contributed by atoms with van der Waals surface area (Å²) in [6.07, 6.45) is 13.4. The van der Waals surface area contributed by atoms with E-state index < -0.39 is 0 Å². The molecule has 0 saturated carbocycles. The molecule has 1 unspecified atom stereocenters. The fraction of sp³-hybridized carbons (Fsp3) is 0.778. The predicted octanol–water partition coefficient (Wildman–Crippen LogP) is 4.61. The van der Waals surface area contributed by atoms with Crippen LogP contribution in [0.3, 0.4) is 0 Å². The van der Waals surface area contributed by atoms with Crippen LogP contribution in [0.2, 0.25) is 0 Å². The monoisotopic (exact) mass is 298 g/mol. The van der Waals surface area contributed by atoms with Gasteiger partial charge in [0.2, 0.25) is 0 Å². The summed E-state index contributed by atoms with van der Waals surface area (Å²) in [4.78, 5) is 0. The first-order chi connectivity index (χ1) is 9.91. The van der Waals surface area contributed by atoms with E-state index in [1.54, 1.807) is 0 Å². The molecule has 0 aliphatic heterocycles. The van der Waals surface area contributed by atoms with Gasteiger partial charge in [-0.25, -0.2) is 0 Å². The number of rotatable bonds is 12. The Balaban J connectivity index is 3.84. The molecule has 124 valence electrons. The number of hydrogen-bond donors (Lipinski definition) is 1. The third-order valence-electron chi connectivity index (χ3n) is 2.82. The zero-order chi connectivity index (χ0) is 16.1. The molecule has 3 heteroatoms. The number of allylic oxidation sites excluding steroid dienone is 3. The zero-order valence-electron chi connectivity index (χ0n) is 14.4. The lowest BCUT2D eigenvalue weighted by atomic mass is 10.1. The first kappa shape index (κ1) is 20.4. The Labute approximate surface area is 131 Å². The average molecular weight is 298 g/mol. The number of hydrogen-bond acceptors (Lipinski definition) is 3. The molecule has 0 fully saturated rings. The summed E-state index contributed by atoms with van der Waals surface area (Å²) in [5.74, 6) is 0. The van der Waals surface area contributed by atoms with Crippen molar-refractivity contribution >= 4 is 0 Å². The molecule has 0 radical (unpaired) electrons. The molecule has 1 N–H and O–H groups in total. The number of aliphatic hydroxyl groups excluding tert-OH is 1. The molecule has 0 amide bonds. The Bertz CT molecular complexity index is 270. The largest absolute Gasteiger partial charge is 0.393 e. The van der Waals surface area contributed by atoms with E-state index in [2.05, 4.69) is 12.2 Å². The maximum atomic E-state index is 9.15. The summed E-state index contributed by atoms with van der Waals surface area (Å²) in [5, 5.41) is 9.15. The van der Waals surface area contributed by atoms with Crippen molar-refractivity contribution in [3.8, 4) is 0 Å². The van der Waals surface area contributed by atoms with Crippen molar-refractivity contribution in [1.29, 1.82) is 0 Å². The molecule has 0 spiro atoms. The first-order valence-corrected chi connectivity index (χ1v) is 8.24. The Hall–Kier alpha value is -0.640. The van der Waals surface area contributed by atoms with E-state index in [1.165, 1.54) is 12.8 Å². The van der Waals surface area contributed by atoms with Crippen LogP contribution in [0.1, 0.15) is 66.7 Å². The van der Waals surface area contributed by atoms with E-state index in [1.807, 2.05) is 46.8 Å². The smallest absolute Gasteiger partial charge is 0.177 e. The van der Waals surface area contributed by atoms with Gasteiger partial charge in [-0.2, -0.15) is 0 Å². The lowest BCUT2D eigenvalue weighted by Crippen LogP contribution is -2.22. The van der Waals surface area contributed by atoms with E-state index >= 15 is 0 Å². The van der Waals surface area contributed by atoms with E-state index in [0.717, 1.165) is 19.3 Å². The van der Waals surface area contributed by atoms with Crippen LogP contribution in [0.15, 0.2) is 24.3 Å². The fourth-order valence-electron chi connectivity index (χ4n) is 1.87. The lowest BCUT2D eigenvalue weighted by Gasteiger charge is -2.19. The van der Waals surface area contributed by atoms with Crippen LogP contribution in [0.25, 0.3) is 0 Å². The van der Waals surface area contributed by atoms with Gasteiger partial charge in [0.15, 0.2) is 6.29 Å². The lowest BCUT2D eigenvalue weighted by molar-refractivity contribution is -0.152. The summed E-state index contributed by atoms with van der Waals surface area (Å²) in [6.45, 7) is 9.88. The molecular weight excluding hydrogens is 264 g/mol. The van der Waals surface area contributed by atoms with Crippen LogP contribution >= 0.6 is 0 Å². The van der Waals surface area contributed by atoms with Gasteiger partial charge in [-0.15, -0.1) is 0 Å². The van der Waals surface area contributed by atoms with Crippen molar-refractivity contribution in [3.63, 3.8) is 0 Å². The van der Waals surface area contributed by atoms with Gasteiger partial charge < -0.3 is 14.6 Å². The van der Waals surface area contributed by atoms with E-state index in [4.69, 9.17) is 14.6 Å². The van der Waals surface area contributed by atoms with E-state index in [-0.39, 0.29) is 24.6 Å². The van der Waals surface area contributed by atoms with Gasteiger partial charge in [0.05, 0.1) is 18.3 Å². The second kappa shape index (κ2) is 13.1. The van der Waals surface area contributed by atoms with Crippen LogP contribution in [-0.4, -0.2) is 29.7 Å². The minimum Gasteiger partial charge on any atom is -0.393 e. The minimum absolute atomic E-state index is 0.149. The summed E-state index contributed by atoms with van der Waals surface area (Å²) >= 11 is 0. The highest BCUT2D eigenvalue weighted by Gasteiger charge is 2.08. The van der Waals surface area contributed by atoms with E-state index in [0.29, 0.717) is 0 Å². The Kier molecular flexibility index (Phi) is 12.7. The topological polar surface area (TPSA) is 38.7 Å². The van der Waals surface area contributed by atoms with Crippen LogP contribution in [-0.2, 0) is 9.47 Å². The first-order valence-electron chi connectivity index (χ1n) is 8.24. The number of ether oxygens (including phenoxy) is 2. The van der Waals surface area contributed by atoms with Crippen molar-refractivity contribution in [2.75, 3.05) is 0 Å². The molecule has 0 aliphatic carbocycles. The van der Waals surface area contributed by atoms with Gasteiger partial charge in [0.25, 0.3) is 0 Å². The van der Waals surface area contributed by atoms with Crippen molar-refractivity contribution in [1.82, 2.24) is 0 Å². The summed E-state index contributed by atoms with van der Waals surface area (Å²) < 4.78 is 11.4. The number of unbranched alkanes of at least 4 members (excludes halogenated alkanes) is 3.